The van der Waals surface area contributed by atoms with Gasteiger partial charge in [0.25, 0.3) is 0 Å². The van der Waals surface area contributed by atoms with Gasteiger partial charge in [-0.25, -0.2) is 9.48 Å². The van der Waals surface area contributed by atoms with Crippen LogP contribution in [0.4, 0.5) is 0 Å². The van der Waals surface area contributed by atoms with E-state index in [0.717, 1.165) is 0 Å². The van der Waals surface area contributed by atoms with Crippen molar-refractivity contribution in [2.45, 2.75) is 32.4 Å². The van der Waals surface area contributed by atoms with E-state index in [4.69, 9.17) is 0 Å². The van der Waals surface area contributed by atoms with Gasteiger partial charge in [0.2, 0.25) is 0 Å². The standard InChI is InChI=1S/C11H15N3O2/c1-11(2,16)6-8-14-10(15)13-7-4-3-5-9(13)12-14/h3-5,7,16H,6,8H2,1-2H3. The smallest absolute Gasteiger partial charge is 0.350 e. The third kappa shape index (κ3) is 2.14. The molecule has 0 amide bonds. The highest BCUT2D eigenvalue weighted by Gasteiger charge is 2.14. The lowest BCUT2D eigenvalue weighted by Crippen LogP contribution is -2.27. The van der Waals surface area contributed by atoms with Crippen molar-refractivity contribution in [2.75, 3.05) is 0 Å². The van der Waals surface area contributed by atoms with Gasteiger partial charge in [-0.3, -0.25) is 4.40 Å². The van der Waals surface area contributed by atoms with Gasteiger partial charge in [-0.1, -0.05) is 6.07 Å². The van der Waals surface area contributed by atoms with E-state index in [-0.39, 0.29) is 5.69 Å². The van der Waals surface area contributed by atoms with Crippen molar-refractivity contribution >= 4 is 5.65 Å². The molecule has 5 nitrogen and oxygen atoms in total. The summed E-state index contributed by atoms with van der Waals surface area (Å²) in [5.74, 6) is 0. The summed E-state index contributed by atoms with van der Waals surface area (Å²) in [6.45, 7) is 3.85. The first kappa shape index (κ1) is 10.9. The molecule has 0 radical (unpaired) electrons. The minimum absolute atomic E-state index is 0.167. The quantitative estimate of drug-likeness (QED) is 0.828. The fourth-order valence-electron chi connectivity index (χ4n) is 1.49. The van der Waals surface area contributed by atoms with Gasteiger partial charge < -0.3 is 5.11 Å². The van der Waals surface area contributed by atoms with E-state index >= 15 is 0 Å². The summed E-state index contributed by atoms with van der Waals surface area (Å²) in [7, 11) is 0. The molecule has 0 unspecified atom stereocenters. The average molecular weight is 221 g/mol. The highest BCUT2D eigenvalue weighted by molar-refractivity contribution is 5.35. The Hall–Kier alpha value is -1.62. The molecule has 0 fully saturated rings. The second-order valence-electron chi connectivity index (χ2n) is 4.50. The van der Waals surface area contributed by atoms with Crippen LogP contribution in [-0.4, -0.2) is 24.9 Å². The van der Waals surface area contributed by atoms with Gasteiger partial charge in [0.05, 0.1) is 5.60 Å². The van der Waals surface area contributed by atoms with Crippen LogP contribution in [0.5, 0.6) is 0 Å². The number of fused-ring (bicyclic) bond motifs is 1. The van der Waals surface area contributed by atoms with Gasteiger partial charge in [-0.05, 0) is 32.4 Å². The van der Waals surface area contributed by atoms with Crippen molar-refractivity contribution in [3.63, 3.8) is 0 Å². The summed E-state index contributed by atoms with van der Waals surface area (Å²) in [4.78, 5) is 11.8. The van der Waals surface area contributed by atoms with Gasteiger partial charge in [-0.15, -0.1) is 5.10 Å². The Bertz CT molecular complexity index is 548. The average Bonchev–Trinajstić information content (AvgIpc) is 2.53. The van der Waals surface area contributed by atoms with Crippen LogP contribution < -0.4 is 5.69 Å². The maximum atomic E-state index is 11.8. The lowest BCUT2D eigenvalue weighted by molar-refractivity contribution is 0.0648. The minimum atomic E-state index is -0.782. The summed E-state index contributed by atoms with van der Waals surface area (Å²) >= 11 is 0. The number of aliphatic hydroxyl groups is 1. The normalized spacial score (nSPS) is 12.2. The minimum Gasteiger partial charge on any atom is -0.390 e. The third-order valence-electron chi connectivity index (χ3n) is 2.42. The summed E-state index contributed by atoms with van der Waals surface area (Å²) < 4.78 is 2.87. The van der Waals surface area contributed by atoms with E-state index in [9.17, 15) is 9.90 Å². The van der Waals surface area contributed by atoms with Crippen LogP contribution in [0.3, 0.4) is 0 Å². The molecule has 2 aromatic rings. The molecule has 5 heteroatoms. The molecule has 0 saturated heterocycles. The van der Waals surface area contributed by atoms with E-state index in [1.807, 2.05) is 6.07 Å². The van der Waals surface area contributed by atoms with Crippen molar-refractivity contribution < 1.29 is 5.11 Å². The van der Waals surface area contributed by atoms with Gasteiger partial charge in [-0.2, -0.15) is 0 Å². The van der Waals surface area contributed by atoms with Crippen LogP contribution in [0.2, 0.25) is 0 Å². The molecule has 0 aliphatic heterocycles. The number of hydrogen-bond acceptors (Lipinski definition) is 3. The molecule has 0 aliphatic rings. The molecule has 2 aromatic heterocycles. The van der Waals surface area contributed by atoms with Crippen LogP contribution in [0.25, 0.3) is 5.65 Å². The van der Waals surface area contributed by atoms with Crippen molar-refractivity contribution in [3.8, 4) is 0 Å². The SMILES string of the molecule is CC(C)(O)CCn1nc2ccccn2c1=O. The van der Waals surface area contributed by atoms with Gasteiger partial charge in [0, 0.05) is 12.7 Å². The number of rotatable bonds is 3. The molecular weight excluding hydrogens is 206 g/mol. The van der Waals surface area contributed by atoms with E-state index in [0.29, 0.717) is 18.6 Å². The van der Waals surface area contributed by atoms with Crippen molar-refractivity contribution in [1.82, 2.24) is 14.2 Å². The zero-order valence-corrected chi connectivity index (χ0v) is 9.42. The Morgan fingerprint density at radius 1 is 1.44 bits per heavy atom. The predicted molar refractivity (Wildman–Crippen MR) is 60.4 cm³/mol. The molecule has 0 saturated carbocycles. The Kier molecular flexibility index (Phi) is 2.55. The highest BCUT2D eigenvalue weighted by atomic mass is 16.3. The molecule has 0 bridgehead atoms. The third-order valence-corrected chi connectivity index (χ3v) is 2.42. The second kappa shape index (κ2) is 3.75. The maximum absolute atomic E-state index is 11.8. The molecule has 0 atom stereocenters. The second-order valence-corrected chi connectivity index (χ2v) is 4.50. The predicted octanol–water partition coefficient (Wildman–Crippen LogP) is 0.657. The zero-order chi connectivity index (χ0) is 11.8. The first-order valence-corrected chi connectivity index (χ1v) is 5.24. The molecule has 2 heterocycles. The van der Waals surface area contributed by atoms with Crippen molar-refractivity contribution in [2.24, 2.45) is 0 Å². The van der Waals surface area contributed by atoms with Gasteiger partial charge in [0.15, 0.2) is 5.65 Å². The van der Waals surface area contributed by atoms with E-state index in [2.05, 4.69) is 5.10 Å². The monoisotopic (exact) mass is 221 g/mol. The first-order chi connectivity index (χ1) is 7.47. The van der Waals surface area contributed by atoms with Crippen LogP contribution in [0.15, 0.2) is 29.2 Å². The summed E-state index contributed by atoms with van der Waals surface area (Å²) in [5, 5.41) is 13.8. The number of hydrogen-bond donors (Lipinski definition) is 1. The van der Waals surface area contributed by atoms with Gasteiger partial charge >= 0.3 is 5.69 Å². The van der Waals surface area contributed by atoms with E-state index < -0.39 is 5.60 Å². The number of aromatic nitrogens is 3. The van der Waals surface area contributed by atoms with Crippen LogP contribution in [-0.2, 0) is 6.54 Å². The molecule has 0 aliphatic carbocycles. The molecule has 1 N–H and O–H groups in total. The van der Waals surface area contributed by atoms with E-state index in [1.54, 1.807) is 32.2 Å². The number of nitrogens with zero attached hydrogens (tertiary/aromatic N) is 3. The lowest BCUT2D eigenvalue weighted by Gasteiger charge is -2.15. The summed E-state index contributed by atoms with van der Waals surface area (Å²) in [6, 6.07) is 5.40. The van der Waals surface area contributed by atoms with Crippen molar-refractivity contribution in [3.05, 3.63) is 34.9 Å². The topological polar surface area (TPSA) is 59.5 Å². The molecular formula is C11H15N3O2. The summed E-state index contributed by atoms with van der Waals surface area (Å²) in [6.07, 6.45) is 2.18. The summed E-state index contributed by atoms with van der Waals surface area (Å²) in [5.41, 5.74) is -0.321. The van der Waals surface area contributed by atoms with Crippen LogP contribution in [0, 0.1) is 0 Å². The zero-order valence-electron chi connectivity index (χ0n) is 9.42. The molecule has 0 aromatic carbocycles. The van der Waals surface area contributed by atoms with Crippen LogP contribution >= 0.6 is 0 Å². The first-order valence-electron chi connectivity index (χ1n) is 5.24. The van der Waals surface area contributed by atoms with E-state index in [1.165, 1.54) is 9.08 Å². The lowest BCUT2D eigenvalue weighted by atomic mass is 10.1. The fourth-order valence-corrected chi connectivity index (χ4v) is 1.49. The molecule has 86 valence electrons. The number of pyridine rings is 1. The maximum Gasteiger partial charge on any atom is 0.350 e. The number of aryl methyl sites for hydroxylation is 1. The van der Waals surface area contributed by atoms with Crippen LogP contribution in [0.1, 0.15) is 20.3 Å². The Balaban J connectivity index is 2.32. The molecule has 16 heavy (non-hydrogen) atoms. The van der Waals surface area contributed by atoms with Crippen molar-refractivity contribution in [1.29, 1.82) is 0 Å². The highest BCUT2D eigenvalue weighted by Crippen LogP contribution is 2.07. The van der Waals surface area contributed by atoms with Gasteiger partial charge in [0.1, 0.15) is 0 Å². The molecule has 0 spiro atoms. The fraction of sp³-hybridized carbons (Fsp3) is 0.455. The Labute approximate surface area is 92.9 Å². The molecule has 2 rings (SSSR count). The Morgan fingerprint density at radius 2 is 2.19 bits per heavy atom. The Morgan fingerprint density at radius 3 is 2.81 bits per heavy atom. The largest absolute Gasteiger partial charge is 0.390 e.